The van der Waals surface area contributed by atoms with E-state index in [2.05, 4.69) is 10.2 Å². The maximum Gasteiger partial charge on any atom is 0.238 e. The normalized spacial score (nSPS) is 19.9. The zero-order valence-corrected chi connectivity index (χ0v) is 10.3. The Labute approximate surface area is 107 Å². The van der Waals surface area contributed by atoms with E-state index in [1.54, 1.807) is 12.1 Å². The molecule has 4 N–H and O–H groups in total. The SMILES string of the molecule is Nc1cccc(NC(=O)CN2CCC(CO)C2)c1. The van der Waals surface area contributed by atoms with Crippen LogP contribution < -0.4 is 11.1 Å². The highest BCUT2D eigenvalue weighted by molar-refractivity contribution is 5.92. The summed E-state index contributed by atoms with van der Waals surface area (Å²) in [5, 5.41) is 11.9. The lowest BCUT2D eigenvalue weighted by Crippen LogP contribution is -2.31. The number of benzene rings is 1. The van der Waals surface area contributed by atoms with Crippen LogP contribution in [0.2, 0.25) is 0 Å². The van der Waals surface area contributed by atoms with Crippen molar-refractivity contribution in [3.05, 3.63) is 24.3 Å². The van der Waals surface area contributed by atoms with Gasteiger partial charge in [0.1, 0.15) is 0 Å². The van der Waals surface area contributed by atoms with Crippen molar-refractivity contribution in [2.75, 3.05) is 37.3 Å². The molecule has 1 heterocycles. The second kappa shape index (κ2) is 5.84. The van der Waals surface area contributed by atoms with E-state index in [4.69, 9.17) is 10.8 Å². The van der Waals surface area contributed by atoms with Crippen LogP contribution in [0.5, 0.6) is 0 Å². The fourth-order valence-corrected chi connectivity index (χ4v) is 2.23. The average molecular weight is 249 g/mol. The number of nitrogens with zero attached hydrogens (tertiary/aromatic N) is 1. The molecule has 2 rings (SSSR count). The number of aliphatic hydroxyl groups excluding tert-OH is 1. The Morgan fingerprint density at radius 1 is 1.56 bits per heavy atom. The second-order valence-corrected chi connectivity index (χ2v) is 4.75. The lowest BCUT2D eigenvalue weighted by atomic mass is 10.1. The molecule has 1 aromatic rings. The van der Waals surface area contributed by atoms with E-state index in [1.165, 1.54) is 0 Å². The van der Waals surface area contributed by atoms with Crippen molar-refractivity contribution in [1.82, 2.24) is 4.90 Å². The highest BCUT2D eigenvalue weighted by atomic mass is 16.3. The number of hydrogen-bond acceptors (Lipinski definition) is 4. The molecule has 1 unspecified atom stereocenters. The fourth-order valence-electron chi connectivity index (χ4n) is 2.23. The summed E-state index contributed by atoms with van der Waals surface area (Å²) in [4.78, 5) is 13.9. The minimum absolute atomic E-state index is 0.0424. The van der Waals surface area contributed by atoms with Crippen LogP contribution in [0.4, 0.5) is 11.4 Å². The van der Waals surface area contributed by atoms with Gasteiger partial charge in [-0.05, 0) is 37.1 Å². The number of aliphatic hydroxyl groups is 1. The third kappa shape index (κ3) is 3.45. The molecule has 1 aliphatic rings. The highest BCUT2D eigenvalue weighted by Gasteiger charge is 2.23. The first kappa shape index (κ1) is 12.9. The second-order valence-electron chi connectivity index (χ2n) is 4.75. The van der Waals surface area contributed by atoms with Crippen molar-refractivity contribution in [1.29, 1.82) is 0 Å². The molecule has 1 aliphatic heterocycles. The lowest BCUT2D eigenvalue weighted by molar-refractivity contribution is -0.117. The van der Waals surface area contributed by atoms with Crippen LogP contribution in [-0.2, 0) is 4.79 Å². The summed E-state index contributed by atoms with van der Waals surface area (Å²) in [5.41, 5.74) is 7.00. The standard InChI is InChI=1S/C13H19N3O2/c14-11-2-1-3-12(6-11)15-13(18)8-16-5-4-10(7-16)9-17/h1-3,6,10,17H,4-5,7-9,14H2,(H,15,18). The molecule has 0 radical (unpaired) electrons. The first-order chi connectivity index (χ1) is 8.67. The largest absolute Gasteiger partial charge is 0.399 e. The zero-order valence-electron chi connectivity index (χ0n) is 10.3. The van der Waals surface area contributed by atoms with Crippen LogP contribution >= 0.6 is 0 Å². The van der Waals surface area contributed by atoms with Crippen molar-refractivity contribution in [3.8, 4) is 0 Å². The number of amides is 1. The van der Waals surface area contributed by atoms with Gasteiger partial charge in [0.05, 0.1) is 6.54 Å². The number of carbonyl (C=O) groups is 1. The molecule has 1 saturated heterocycles. The Kier molecular flexibility index (Phi) is 4.17. The highest BCUT2D eigenvalue weighted by Crippen LogP contribution is 2.16. The molecule has 18 heavy (non-hydrogen) atoms. The van der Waals surface area contributed by atoms with E-state index >= 15 is 0 Å². The van der Waals surface area contributed by atoms with E-state index in [0.717, 1.165) is 25.2 Å². The molecule has 1 atom stereocenters. The lowest BCUT2D eigenvalue weighted by Gasteiger charge is -2.15. The van der Waals surface area contributed by atoms with Gasteiger partial charge in [-0.2, -0.15) is 0 Å². The maximum atomic E-state index is 11.8. The van der Waals surface area contributed by atoms with Gasteiger partial charge in [0.15, 0.2) is 0 Å². The Bertz CT molecular complexity index is 422. The number of carbonyl (C=O) groups excluding carboxylic acids is 1. The molecule has 0 aliphatic carbocycles. The first-order valence-electron chi connectivity index (χ1n) is 6.16. The van der Waals surface area contributed by atoms with Gasteiger partial charge in [0.25, 0.3) is 0 Å². The van der Waals surface area contributed by atoms with Crippen LogP contribution in [0.3, 0.4) is 0 Å². The number of nitrogens with two attached hydrogens (primary N) is 1. The van der Waals surface area contributed by atoms with Gasteiger partial charge in [-0.1, -0.05) is 6.07 Å². The van der Waals surface area contributed by atoms with Crippen LogP contribution in [-0.4, -0.2) is 42.2 Å². The molecule has 1 fully saturated rings. The quantitative estimate of drug-likeness (QED) is 0.680. The molecule has 5 heteroatoms. The number of anilines is 2. The van der Waals surface area contributed by atoms with Gasteiger partial charge in [-0.15, -0.1) is 0 Å². The van der Waals surface area contributed by atoms with E-state index in [9.17, 15) is 4.79 Å². The van der Waals surface area contributed by atoms with Gasteiger partial charge >= 0.3 is 0 Å². The summed E-state index contributed by atoms with van der Waals surface area (Å²) < 4.78 is 0. The van der Waals surface area contributed by atoms with Crippen molar-refractivity contribution >= 4 is 17.3 Å². The van der Waals surface area contributed by atoms with Crippen LogP contribution in [0.1, 0.15) is 6.42 Å². The molecule has 0 saturated carbocycles. The van der Waals surface area contributed by atoms with E-state index in [1.807, 2.05) is 12.1 Å². The number of rotatable bonds is 4. The predicted molar refractivity (Wildman–Crippen MR) is 71.1 cm³/mol. The number of nitrogens with one attached hydrogen (secondary N) is 1. The summed E-state index contributed by atoms with van der Waals surface area (Å²) in [5.74, 6) is 0.268. The van der Waals surface area contributed by atoms with Gasteiger partial charge in [0, 0.05) is 24.5 Å². The molecular weight excluding hydrogens is 230 g/mol. The summed E-state index contributed by atoms with van der Waals surface area (Å²) in [6, 6.07) is 7.14. The maximum absolute atomic E-state index is 11.8. The Balaban J connectivity index is 1.82. The molecule has 0 bridgehead atoms. The van der Waals surface area contributed by atoms with Gasteiger partial charge < -0.3 is 16.2 Å². The van der Waals surface area contributed by atoms with E-state index in [0.29, 0.717) is 18.2 Å². The van der Waals surface area contributed by atoms with E-state index in [-0.39, 0.29) is 12.5 Å². The summed E-state index contributed by atoms with van der Waals surface area (Å²) in [7, 11) is 0. The molecule has 0 spiro atoms. The van der Waals surface area contributed by atoms with Gasteiger partial charge in [-0.25, -0.2) is 0 Å². The van der Waals surface area contributed by atoms with Gasteiger partial charge in [0.2, 0.25) is 5.91 Å². The Morgan fingerprint density at radius 3 is 3.06 bits per heavy atom. The molecule has 0 aromatic heterocycles. The minimum Gasteiger partial charge on any atom is -0.399 e. The third-order valence-electron chi connectivity index (χ3n) is 3.17. The molecule has 5 nitrogen and oxygen atoms in total. The van der Waals surface area contributed by atoms with Gasteiger partial charge in [-0.3, -0.25) is 9.69 Å². The number of likely N-dealkylation sites (tertiary alicyclic amines) is 1. The summed E-state index contributed by atoms with van der Waals surface area (Å²) in [6.45, 7) is 2.23. The Hall–Kier alpha value is -1.59. The van der Waals surface area contributed by atoms with Crippen molar-refractivity contribution in [2.24, 2.45) is 5.92 Å². The topological polar surface area (TPSA) is 78.6 Å². The number of hydrogen-bond donors (Lipinski definition) is 3. The molecule has 1 aromatic carbocycles. The minimum atomic E-state index is -0.0424. The Morgan fingerprint density at radius 2 is 2.39 bits per heavy atom. The van der Waals surface area contributed by atoms with Crippen molar-refractivity contribution in [2.45, 2.75) is 6.42 Å². The fraction of sp³-hybridized carbons (Fsp3) is 0.462. The van der Waals surface area contributed by atoms with Crippen molar-refractivity contribution in [3.63, 3.8) is 0 Å². The zero-order chi connectivity index (χ0) is 13.0. The summed E-state index contributed by atoms with van der Waals surface area (Å²) in [6.07, 6.45) is 0.960. The number of nitrogen functional groups attached to an aromatic ring is 1. The average Bonchev–Trinajstić information content (AvgIpc) is 2.76. The monoisotopic (exact) mass is 249 g/mol. The summed E-state index contributed by atoms with van der Waals surface area (Å²) >= 11 is 0. The van der Waals surface area contributed by atoms with Crippen LogP contribution in [0, 0.1) is 5.92 Å². The van der Waals surface area contributed by atoms with Crippen LogP contribution in [0.25, 0.3) is 0 Å². The molecule has 1 amide bonds. The third-order valence-corrected chi connectivity index (χ3v) is 3.17. The molecular formula is C13H19N3O2. The predicted octanol–water partition coefficient (Wildman–Crippen LogP) is 0.521. The van der Waals surface area contributed by atoms with E-state index < -0.39 is 0 Å². The molecule has 98 valence electrons. The van der Waals surface area contributed by atoms with Crippen molar-refractivity contribution < 1.29 is 9.90 Å². The first-order valence-corrected chi connectivity index (χ1v) is 6.16. The van der Waals surface area contributed by atoms with Crippen LogP contribution in [0.15, 0.2) is 24.3 Å². The smallest absolute Gasteiger partial charge is 0.238 e.